The van der Waals surface area contributed by atoms with Gasteiger partial charge in [-0.25, -0.2) is 0 Å². The maximum Gasteiger partial charge on any atom is 0.269 e. The standard InChI is InChI=1S/C10H6ClN3O2/c11-10(6-13)9(5-12)7-1-3-8(4-2-7)14(15)16/h1-4,9-10H/t9-,10+/m0/s1. The lowest BCUT2D eigenvalue weighted by molar-refractivity contribution is -0.384. The summed E-state index contributed by atoms with van der Waals surface area (Å²) in [6.45, 7) is 0. The van der Waals surface area contributed by atoms with Gasteiger partial charge in [0, 0.05) is 12.1 Å². The van der Waals surface area contributed by atoms with E-state index in [1.54, 1.807) is 6.07 Å². The van der Waals surface area contributed by atoms with Crippen LogP contribution in [-0.2, 0) is 0 Å². The average Bonchev–Trinajstić information content (AvgIpc) is 2.30. The Morgan fingerprint density at radius 2 is 1.81 bits per heavy atom. The molecule has 0 N–H and O–H groups in total. The molecule has 0 heterocycles. The maximum absolute atomic E-state index is 10.4. The van der Waals surface area contributed by atoms with Gasteiger partial charge in [-0.05, 0) is 5.56 Å². The molecule has 0 bridgehead atoms. The molecule has 0 aliphatic carbocycles. The third-order valence-electron chi connectivity index (χ3n) is 2.02. The van der Waals surface area contributed by atoms with E-state index in [1.165, 1.54) is 24.3 Å². The minimum Gasteiger partial charge on any atom is -0.258 e. The summed E-state index contributed by atoms with van der Waals surface area (Å²) in [4.78, 5) is 9.87. The molecule has 0 saturated carbocycles. The quantitative estimate of drug-likeness (QED) is 0.457. The van der Waals surface area contributed by atoms with E-state index in [0.29, 0.717) is 5.56 Å². The van der Waals surface area contributed by atoms with Gasteiger partial charge in [0.1, 0.15) is 11.3 Å². The topological polar surface area (TPSA) is 90.7 Å². The van der Waals surface area contributed by atoms with Gasteiger partial charge in [0.25, 0.3) is 5.69 Å². The molecule has 0 aliphatic heterocycles. The highest BCUT2D eigenvalue weighted by atomic mass is 35.5. The molecule has 5 nitrogen and oxygen atoms in total. The van der Waals surface area contributed by atoms with Gasteiger partial charge in [0.15, 0.2) is 0 Å². The van der Waals surface area contributed by atoms with Crippen molar-refractivity contribution in [1.29, 1.82) is 10.5 Å². The molecule has 0 radical (unpaired) electrons. The van der Waals surface area contributed by atoms with E-state index in [-0.39, 0.29) is 5.69 Å². The summed E-state index contributed by atoms with van der Waals surface area (Å²) in [5.41, 5.74) is 0.429. The van der Waals surface area contributed by atoms with Crippen molar-refractivity contribution < 1.29 is 4.92 Å². The van der Waals surface area contributed by atoms with Crippen molar-refractivity contribution in [3.63, 3.8) is 0 Å². The van der Waals surface area contributed by atoms with Crippen LogP contribution in [-0.4, -0.2) is 10.3 Å². The van der Waals surface area contributed by atoms with Crippen LogP contribution < -0.4 is 0 Å². The molecule has 1 rings (SSSR count). The molecular formula is C10H6ClN3O2. The second-order valence-electron chi connectivity index (χ2n) is 2.99. The number of hydrogen-bond acceptors (Lipinski definition) is 4. The van der Waals surface area contributed by atoms with Gasteiger partial charge < -0.3 is 0 Å². The highest BCUT2D eigenvalue weighted by Gasteiger charge is 2.21. The van der Waals surface area contributed by atoms with E-state index >= 15 is 0 Å². The highest BCUT2D eigenvalue weighted by Crippen LogP contribution is 2.24. The number of nitrogens with zero attached hydrogens (tertiary/aromatic N) is 3. The van der Waals surface area contributed by atoms with Gasteiger partial charge in [0.2, 0.25) is 0 Å². The molecule has 16 heavy (non-hydrogen) atoms. The average molecular weight is 236 g/mol. The molecule has 0 saturated heterocycles. The van der Waals surface area contributed by atoms with Crippen LogP contribution in [0.2, 0.25) is 0 Å². The van der Waals surface area contributed by atoms with Crippen LogP contribution in [0.25, 0.3) is 0 Å². The molecule has 2 atom stereocenters. The van der Waals surface area contributed by atoms with Gasteiger partial charge >= 0.3 is 0 Å². The summed E-state index contributed by atoms with van der Waals surface area (Å²) in [7, 11) is 0. The van der Waals surface area contributed by atoms with E-state index in [0.717, 1.165) is 0 Å². The maximum atomic E-state index is 10.4. The number of nitriles is 2. The van der Waals surface area contributed by atoms with Crippen molar-refractivity contribution >= 4 is 17.3 Å². The van der Waals surface area contributed by atoms with E-state index in [4.69, 9.17) is 22.1 Å². The van der Waals surface area contributed by atoms with Crippen LogP contribution in [0.5, 0.6) is 0 Å². The number of alkyl halides is 1. The zero-order valence-electron chi connectivity index (χ0n) is 8.00. The molecule has 0 aromatic heterocycles. The first-order valence-electron chi connectivity index (χ1n) is 4.27. The molecule has 0 fully saturated rings. The molecule has 6 heteroatoms. The summed E-state index contributed by atoms with van der Waals surface area (Å²) < 4.78 is 0. The van der Waals surface area contributed by atoms with Crippen LogP contribution >= 0.6 is 11.6 Å². The van der Waals surface area contributed by atoms with Gasteiger partial charge in [-0.2, -0.15) is 10.5 Å². The number of nitro benzene ring substituents is 1. The first-order valence-corrected chi connectivity index (χ1v) is 4.71. The van der Waals surface area contributed by atoms with Gasteiger partial charge in [0.05, 0.1) is 17.1 Å². The number of nitro groups is 1. The smallest absolute Gasteiger partial charge is 0.258 e. The predicted octanol–water partition coefficient (Wildman–Crippen LogP) is 2.33. The van der Waals surface area contributed by atoms with Crippen molar-refractivity contribution in [3.8, 4) is 12.1 Å². The Hall–Kier alpha value is -2.11. The SMILES string of the molecule is N#C[C@@H](Cl)[C@@H](C#N)c1ccc([N+](=O)[O-])cc1. The summed E-state index contributed by atoms with van der Waals surface area (Å²) in [6, 6.07) is 9.07. The van der Waals surface area contributed by atoms with Crippen molar-refractivity contribution in [2.75, 3.05) is 0 Å². The minimum atomic E-state index is -0.966. The number of benzene rings is 1. The lowest BCUT2D eigenvalue weighted by Crippen LogP contribution is -2.08. The molecule has 0 unspecified atom stereocenters. The van der Waals surface area contributed by atoms with Crippen molar-refractivity contribution in [2.45, 2.75) is 11.3 Å². The monoisotopic (exact) mass is 235 g/mol. The van der Waals surface area contributed by atoms with E-state index in [9.17, 15) is 10.1 Å². The zero-order valence-corrected chi connectivity index (χ0v) is 8.76. The summed E-state index contributed by atoms with van der Waals surface area (Å²) >= 11 is 5.65. The fourth-order valence-electron chi connectivity index (χ4n) is 1.19. The van der Waals surface area contributed by atoms with Gasteiger partial charge in [-0.1, -0.05) is 12.1 Å². The Balaban J connectivity index is 3.02. The number of rotatable bonds is 3. The Bertz CT molecular complexity index is 472. The Morgan fingerprint density at radius 1 is 1.25 bits per heavy atom. The Kier molecular flexibility index (Phi) is 3.82. The second kappa shape index (κ2) is 5.11. The predicted molar refractivity (Wildman–Crippen MR) is 56.7 cm³/mol. The second-order valence-corrected chi connectivity index (χ2v) is 3.46. The highest BCUT2D eigenvalue weighted by molar-refractivity contribution is 6.23. The number of non-ortho nitro benzene ring substituents is 1. The van der Waals surface area contributed by atoms with Crippen LogP contribution in [0.3, 0.4) is 0 Å². The van der Waals surface area contributed by atoms with Gasteiger partial charge in [-0.15, -0.1) is 11.6 Å². The van der Waals surface area contributed by atoms with Crippen LogP contribution in [0, 0.1) is 32.8 Å². The van der Waals surface area contributed by atoms with E-state index in [1.807, 2.05) is 6.07 Å². The summed E-state index contributed by atoms with van der Waals surface area (Å²) in [6.07, 6.45) is 0. The zero-order chi connectivity index (χ0) is 12.1. The van der Waals surface area contributed by atoms with E-state index in [2.05, 4.69) is 0 Å². The molecule has 1 aromatic carbocycles. The molecule has 0 spiro atoms. The summed E-state index contributed by atoms with van der Waals surface area (Å²) in [5, 5.41) is 26.9. The van der Waals surface area contributed by atoms with Crippen molar-refractivity contribution in [3.05, 3.63) is 39.9 Å². The first-order chi connectivity index (χ1) is 7.60. The van der Waals surface area contributed by atoms with Crippen LogP contribution in [0.15, 0.2) is 24.3 Å². The van der Waals surface area contributed by atoms with E-state index < -0.39 is 16.2 Å². The van der Waals surface area contributed by atoms with Crippen LogP contribution in [0.1, 0.15) is 11.5 Å². The third kappa shape index (κ3) is 2.47. The first kappa shape index (κ1) is 12.0. The molecule has 80 valence electrons. The Morgan fingerprint density at radius 3 is 2.19 bits per heavy atom. The van der Waals surface area contributed by atoms with Crippen molar-refractivity contribution in [1.82, 2.24) is 0 Å². The van der Waals surface area contributed by atoms with Crippen molar-refractivity contribution in [2.24, 2.45) is 0 Å². The molecule has 0 aliphatic rings. The summed E-state index contributed by atoms with van der Waals surface area (Å²) in [5.74, 6) is -0.785. The van der Waals surface area contributed by atoms with Gasteiger partial charge in [-0.3, -0.25) is 10.1 Å². The number of hydrogen-bond donors (Lipinski definition) is 0. The lowest BCUT2D eigenvalue weighted by atomic mass is 9.97. The molecule has 0 amide bonds. The Labute approximate surface area is 96.6 Å². The normalized spacial score (nSPS) is 13.2. The minimum absolute atomic E-state index is 0.0662. The number of halogens is 1. The fourth-order valence-corrected chi connectivity index (χ4v) is 1.39. The fraction of sp³-hybridized carbons (Fsp3) is 0.200. The molecular weight excluding hydrogens is 230 g/mol. The lowest BCUT2D eigenvalue weighted by Gasteiger charge is -2.08. The largest absolute Gasteiger partial charge is 0.269 e. The third-order valence-corrected chi connectivity index (χ3v) is 2.37. The molecule has 1 aromatic rings. The van der Waals surface area contributed by atoms with Crippen LogP contribution in [0.4, 0.5) is 5.69 Å².